The maximum Gasteiger partial charge on any atom is 0.227 e. The van der Waals surface area contributed by atoms with Crippen molar-refractivity contribution in [1.29, 1.82) is 0 Å². The van der Waals surface area contributed by atoms with E-state index in [1.807, 2.05) is 38.1 Å². The van der Waals surface area contributed by atoms with Gasteiger partial charge in [-0.1, -0.05) is 13.0 Å². The minimum Gasteiger partial charge on any atom is -0.326 e. The Bertz CT molecular complexity index is 516. The Morgan fingerprint density at radius 2 is 2.24 bits per heavy atom. The molecule has 0 aliphatic carbocycles. The smallest absolute Gasteiger partial charge is 0.227 e. The van der Waals surface area contributed by atoms with E-state index in [1.54, 1.807) is 4.90 Å². The minimum atomic E-state index is -0.0200. The zero-order valence-corrected chi connectivity index (χ0v) is 12.7. The van der Waals surface area contributed by atoms with Gasteiger partial charge in [0.25, 0.3) is 0 Å². The Labute approximate surface area is 125 Å². The molecule has 1 atom stereocenters. The molecular weight excluding hydrogens is 266 g/mol. The number of anilines is 2. The number of amides is 2. The Balaban J connectivity index is 1.97. The fraction of sp³-hybridized carbons (Fsp3) is 0.500. The first-order chi connectivity index (χ1) is 10.1. The number of benzene rings is 1. The Kier molecular flexibility index (Phi) is 5.33. The van der Waals surface area contributed by atoms with Crippen molar-refractivity contribution in [2.75, 3.05) is 23.3 Å². The van der Waals surface area contributed by atoms with Crippen LogP contribution in [0.4, 0.5) is 11.4 Å². The number of nitrogens with one attached hydrogen (secondary N) is 2. The molecule has 0 radical (unpaired) electrons. The van der Waals surface area contributed by atoms with Gasteiger partial charge in [0.15, 0.2) is 0 Å². The van der Waals surface area contributed by atoms with Gasteiger partial charge < -0.3 is 15.5 Å². The summed E-state index contributed by atoms with van der Waals surface area (Å²) in [6, 6.07) is 7.63. The molecule has 0 bridgehead atoms. The molecule has 2 rings (SSSR count). The monoisotopic (exact) mass is 289 g/mol. The van der Waals surface area contributed by atoms with E-state index >= 15 is 0 Å². The SMILES string of the molecule is CCNC(C)CC(=O)Nc1cccc(N2CCCC2=O)c1. The van der Waals surface area contributed by atoms with Crippen molar-refractivity contribution in [3.63, 3.8) is 0 Å². The minimum absolute atomic E-state index is 0.0200. The lowest BCUT2D eigenvalue weighted by atomic mass is 10.2. The van der Waals surface area contributed by atoms with Crippen LogP contribution in [0.3, 0.4) is 0 Å². The molecule has 5 nitrogen and oxygen atoms in total. The van der Waals surface area contributed by atoms with E-state index in [1.165, 1.54) is 0 Å². The summed E-state index contributed by atoms with van der Waals surface area (Å²) in [6.45, 7) is 5.61. The first kappa shape index (κ1) is 15.5. The Hall–Kier alpha value is -1.88. The molecule has 1 saturated heterocycles. The molecule has 1 fully saturated rings. The molecule has 1 aliphatic rings. The second-order valence-corrected chi connectivity index (χ2v) is 5.41. The zero-order valence-electron chi connectivity index (χ0n) is 12.7. The van der Waals surface area contributed by atoms with Crippen molar-refractivity contribution in [1.82, 2.24) is 5.32 Å². The first-order valence-electron chi connectivity index (χ1n) is 7.54. The summed E-state index contributed by atoms with van der Waals surface area (Å²) < 4.78 is 0. The van der Waals surface area contributed by atoms with E-state index in [9.17, 15) is 9.59 Å². The summed E-state index contributed by atoms with van der Waals surface area (Å²) in [4.78, 5) is 25.5. The standard InChI is InChI=1S/C16H23N3O2/c1-3-17-12(2)10-15(20)18-13-6-4-7-14(11-13)19-9-5-8-16(19)21/h4,6-7,11-12,17H,3,5,8-10H2,1-2H3,(H,18,20). The van der Waals surface area contributed by atoms with Crippen LogP contribution in [0.25, 0.3) is 0 Å². The van der Waals surface area contributed by atoms with Crippen LogP contribution in [0, 0.1) is 0 Å². The summed E-state index contributed by atoms with van der Waals surface area (Å²) >= 11 is 0. The van der Waals surface area contributed by atoms with E-state index < -0.39 is 0 Å². The molecule has 1 aromatic rings. The van der Waals surface area contributed by atoms with E-state index in [0.717, 1.165) is 30.9 Å². The van der Waals surface area contributed by atoms with Crippen LogP contribution < -0.4 is 15.5 Å². The van der Waals surface area contributed by atoms with Gasteiger partial charge in [-0.05, 0) is 38.1 Å². The fourth-order valence-electron chi connectivity index (χ4n) is 2.58. The van der Waals surface area contributed by atoms with E-state index in [0.29, 0.717) is 12.8 Å². The summed E-state index contributed by atoms with van der Waals surface area (Å²) in [7, 11) is 0. The number of hydrogen-bond donors (Lipinski definition) is 2. The highest BCUT2D eigenvalue weighted by atomic mass is 16.2. The normalized spacial score (nSPS) is 16.1. The van der Waals surface area contributed by atoms with E-state index in [4.69, 9.17) is 0 Å². The summed E-state index contributed by atoms with van der Waals surface area (Å²) in [5, 5.41) is 6.10. The Morgan fingerprint density at radius 3 is 2.90 bits per heavy atom. The maximum atomic E-state index is 12.0. The average molecular weight is 289 g/mol. The lowest BCUT2D eigenvalue weighted by Gasteiger charge is -2.17. The second-order valence-electron chi connectivity index (χ2n) is 5.41. The third-order valence-electron chi connectivity index (χ3n) is 3.56. The predicted molar refractivity (Wildman–Crippen MR) is 84.4 cm³/mol. The lowest BCUT2D eigenvalue weighted by Crippen LogP contribution is -2.30. The number of carbonyl (C=O) groups excluding carboxylic acids is 2. The number of nitrogens with zero attached hydrogens (tertiary/aromatic N) is 1. The van der Waals surface area contributed by atoms with Gasteiger partial charge in [-0.15, -0.1) is 0 Å². The largest absolute Gasteiger partial charge is 0.326 e. The molecule has 21 heavy (non-hydrogen) atoms. The molecule has 1 unspecified atom stereocenters. The van der Waals surface area contributed by atoms with Gasteiger partial charge in [0.2, 0.25) is 11.8 Å². The summed E-state index contributed by atoms with van der Waals surface area (Å²) in [6.07, 6.45) is 1.94. The summed E-state index contributed by atoms with van der Waals surface area (Å²) in [5.74, 6) is 0.132. The van der Waals surface area contributed by atoms with Gasteiger partial charge in [-0.25, -0.2) is 0 Å². The van der Waals surface area contributed by atoms with Crippen LogP contribution in [0.5, 0.6) is 0 Å². The average Bonchev–Trinajstić information content (AvgIpc) is 2.85. The predicted octanol–water partition coefficient (Wildman–Crippen LogP) is 2.14. The zero-order chi connectivity index (χ0) is 15.2. The van der Waals surface area contributed by atoms with Crippen LogP contribution in [0.15, 0.2) is 24.3 Å². The fourth-order valence-corrected chi connectivity index (χ4v) is 2.58. The molecule has 5 heteroatoms. The topological polar surface area (TPSA) is 61.4 Å². The van der Waals surface area contributed by atoms with Gasteiger partial charge in [-0.2, -0.15) is 0 Å². The third-order valence-corrected chi connectivity index (χ3v) is 3.56. The molecule has 114 valence electrons. The Morgan fingerprint density at radius 1 is 1.43 bits per heavy atom. The van der Waals surface area contributed by atoms with Crippen LogP contribution in [-0.4, -0.2) is 30.9 Å². The number of hydrogen-bond acceptors (Lipinski definition) is 3. The van der Waals surface area contributed by atoms with Crippen molar-refractivity contribution in [2.24, 2.45) is 0 Å². The molecule has 2 amide bonds. The van der Waals surface area contributed by atoms with Crippen molar-refractivity contribution in [3.05, 3.63) is 24.3 Å². The maximum absolute atomic E-state index is 12.0. The highest BCUT2D eigenvalue weighted by Crippen LogP contribution is 2.24. The molecule has 1 aliphatic heterocycles. The van der Waals surface area contributed by atoms with E-state index in [2.05, 4.69) is 10.6 Å². The first-order valence-corrected chi connectivity index (χ1v) is 7.54. The number of carbonyl (C=O) groups is 2. The van der Waals surface area contributed by atoms with Gasteiger partial charge in [-0.3, -0.25) is 9.59 Å². The van der Waals surface area contributed by atoms with E-state index in [-0.39, 0.29) is 17.9 Å². The molecule has 1 heterocycles. The quantitative estimate of drug-likeness (QED) is 0.843. The highest BCUT2D eigenvalue weighted by molar-refractivity contribution is 5.97. The summed E-state index contributed by atoms with van der Waals surface area (Å²) in [5.41, 5.74) is 1.59. The van der Waals surface area contributed by atoms with Gasteiger partial charge in [0, 0.05) is 36.8 Å². The van der Waals surface area contributed by atoms with Crippen molar-refractivity contribution < 1.29 is 9.59 Å². The van der Waals surface area contributed by atoms with Crippen molar-refractivity contribution in [3.8, 4) is 0 Å². The molecule has 0 spiro atoms. The molecular formula is C16H23N3O2. The molecule has 0 aromatic heterocycles. The van der Waals surface area contributed by atoms with Gasteiger partial charge >= 0.3 is 0 Å². The number of rotatable bonds is 6. The molecule has 1 aromatic carbocycles. The molecule has 0 saturated carbocycles. The van der Waals surface area contributed by atoms with Gasteiger partial charge in [0.05, 0.1) is 0 Å². The van der Waals surface area contributed by atoms with Gasteiger partial charge in [0.1, 0.15) is 0 Å². The third kappa shape index (κ3) is 4.29. The van der Waals surface area contributed by atoms with Crippen LogP contribution >= 0.6 is 0 Å². The molecule has 2 N–H and O–H groups in total. The van der Waals surface area contributed by atoms with Crippen molar-refractivity contribution >= 4 is 23.2 Å². The van der Waals surface area contributed by atoms with Crippen LogP contribution in [0.2, 0.25) is 0 Å². The van der Waals surface area contributed by atoms with Crippen LogP contribution in [0.1, 0.15) is 33.1 Å². The van der Waals surface area contributed by atoms with Crippen LogP contribution in [-0.2, 0) is 9.59 Å². The van der Waals surface area contributed by atoms with Crippen molar-refractivity contribution in [2.45, 2.75) is 39.2 Å². The highest BCUT2D eigenvalue weighted by Gasteiger charge is 2.21. The lowest BCUT2D eigenvalue weighted by molar-refractivity contribution is -0.117. The second kappa shape index (κ2) is 7.22.